The van der Waals surface area contributed by atoms with Crippen molar-refractivity contribution in [2.45, 2.75) is 19.4 Å². The standard InChI is InChI=1S/C15H23BrN2O2/c1-12(20)14-11-13(16)3-4-15(14)18-6-2-5-17(7-8-18)9-10-19/h3-4,11-12,19-20H,2,5-10H2,1H3. The molecule has 1 saturated heterocycles. The summed E-state index contributed by atoms with van der Waals surface area (Å²) >= 11 is 3.47. The fourth-order valence-corrected chi connectivity index (χ4v) is 3.10. The zero-order chi connectivity index (χ0) is 14.5. The van der Waals surface area contributed by atoms with Gasteiger partial charge in [-0.25, -0.2) is 0 Å². The number of aliphatic hydroxyl groups excluding tert-OH is 2. The Morgan fingerprint density at radius 3 is 2.75 bits per heavy atom. The summed E-state index contributed by atoms with van der Waals surface area (Å²) < 4.78 is 0.994. The van der Waals surface area contributed by atoms with Crippen molar-refractivity contribution >= 4 is 21.6 Å². The second kappa shape index (κ2) is 7.41. The van der Waals surface area contributed by atoms with Crippen molar-refractivity contribution in [1.29, 1.82) is 0 Å². The number of nitrogens with zero attached hydrogens (tertiary/aromatic N) is 2. The van der Waals surface area contributed by atoms with E-state index >= 15 is 0 Å². The van der Waals surface area contributed by atoms with Gasteiger partial charge in [0.15, 0.2) is 0 Å². The molecule has 1 aromatic rings. The molecule has 0 amide bonds. The van der Waals surface area contributed by atoms with Crippen LogP contribution >= 0.6 is 15.9 Å². The van der Waals surface area contributed by atoms with Crippen molar-refractivity contribution in [1.82, 2.24) is 4.90 Å². The second-order valence-electron chi connectivity index (χ2n) is 5.28. The fraction of sp³-hybridized carbons (Fsp3) is 0.600. The topological polar surface area (TPSA) is 46.9 Å². The van der Waals surface area contributed by atoms with Crippen LogP contribution in [0.3, 0.4) is 0 Å². The Balaban J connectivity index is 2.15. The third kappa shape index (κ3) is 3.95. The van der Waals surface area contributed by atoms with E-state index in [1.165, 1.54) is 0 Å². The number of rotatable bonds is 4. The van der Waals surface area contributed by atoms with Gasteiger partial charge in [-0.05, 0) is 38.1 Å². The minimum absolute atomic E-state index is 0.219. The maximum absolute atomic E-state index is 9.98. The number of hydrogen-bond acceptors (Lipinski definition) is 4. The molecule has 1 unspecified atom stereocenters. The van der Waals surface area contributed by atoms with Gasteiger partial charge in [-0.15, -0.1) is 0 Å². The van der Waals surface area contributed by atoms with E-state index in [-0.39, 0.29) is 6.61 Å². The summed E-state index contributed by atoms with van der Waals surface area (Å²) in [5, 5.41) is 19.0. The molecule has 4 nitrogen and oxygen atoms in total. The largest absolute Gasteiger partial charge is 0.395 e. The number of benzene rings is 1. The minimum atomic E-state index is -0.473. The van der Waals surface area contributed by atoms with E-state index in [1.54, 1.807) is 6.92 Å². The predicted molar refractivity (Wildman–Crippen MR) is 85.1 cm³/mol. The zero-order valence-corrected chi connectivity index (χ0v) is 13.5. The average molecular weight is 343 g/mol. The molecule has 0 radical (unpaired) electrons. The molecular formula is C15H23BrN2O2. The van der Waals surface area contributed by atoms with Crippen LogP contribution in [0, 0.1) is 0 Å². The predicted octanol–water partition coefficient (Wildman–Crippen LogP) is 2.01. The van der Waals surface area contributed by atoms with Crippen LogP contribution in [0.4, 0.5) is 5.69 Å². The molecule has 20 heavy (non-hydrogen) atoms. The van der Waals surface area contributed by atoms with Crippen LogP contribution in [0.1, 0.15) is 25.0 Å². The first kappa shape index (κ1) is 15.8. The molecule has 2 rings (SSSR count). The van der Waals surface area contributed by atoms with E-state index < -0.39 is 6.10 Å². The van der Waals surface area contributed by atoms with Gasteiger partial charge in [0, 0.05) is 41.9 Å². The number of halogens is 1. The Kier molecular flexibility index (Phi) is 5.84. The molecule has 1 aliphatic rings. The highest BCUT2D eigenvalue weighted by Gasteiger charge is 2.18. The average Bonchev–Trinajstić information content (AvgIpc) is 2.65. The first-order valence-corrected chi connectivity index (χ1v) is 7.97. The molecule has 2 N–H and O–H groups in total. The van der Waals surface area contributed by atoms with E-state index in [9.17, 15) is 5.11 Å². The van der Waals surface area contributed by atoms with Gasteiger partial charge in [0.05, 0.1) is 12.7 Å². The third-order valence-corrected chi connectivity index (χ3v) is 4.28. The lowest BCUT2D eigenvalue weighted by Crippen LogP contribution is -2.32. The maximum atomic E-state index is 9.98. The lowest BCUT2D eigenvalue weighted by Gasteiger charge is -2.27. The normalized spacial score (nSPS) is 18.9. The SMILES string of the molecule is CC(O)c1cc(Br)ccc1N1CCCN(CCO)CC1. The van der Waals surface area contributed by atoms with E-state index in [0.29, 0.717) is 0 Å². The Morgan fingerprint density at radius 1 is 1.25 bits per heavy atom. The van der Waals surface area contributed by atoms with E-state index in [2.05, 4.69) is 31.8 Å². The summed E-state index contributed by atoms with van der Waals surface area (Å²) in [5.74, 6) is 0. The summed E-state index contributed by atoms with van der Waals surface area (Å²) in [5.41, 5.74) is 2.09. The smallest absolute Gasteiger partial charge is 0.0782 e. The number of anilines is 1. The molecular weight excluding hydrogens is 320 g/mol. The molecule has 1 aromatic carbocycles. The highest BCUT2D eigenvalue weighted by molar-refractivity contribution is 9.10. The third-order valence-electron chi connectivity index (χ3n) is 3.79. The Labute approximate surface area is 129 Å². The summed E-state index contributed by atoms with van der Waals surface area (Å²) in [6.45, 7) is 6.67. The summed E-state index contributed by atoms with van der Waals surface area (Å²) in [6, 6.07) is 6.10. The van der Waals surface area contributed by atoms with Gasteiger partial charge in [-0.2, -0.15) is 0 Å². The van der Waals surface area contributed by atoms with Crippen LogP contribution in [0.2, 0.25) is 0 Å². The molecule has 1 aliphatic heterocycles. The van der Waals surface area contributed by atoms with E-state index in [4.69, 9.17) is 5.11 Å². The van der Waals surface area contributed by atoms with Gasteiger partial charge in [-0.1, -0.05) is 15.9 Å². The quantitative estimate of drug-likeness (QED) is 0.878. The monoisotopic (exact) mass is 342 g/mol. The molecule has 1 atom stereocenters. The first-order valence-electron chi connectivity index (χ1n) is 7.17. The Bertz CT molecular complexity index is 440. The molecule has 0 aromatic heterocycles. The molecule has 0 saturated carbocycles. The van der Waals surface area contributed by atoms with E-state index in [0.717, 1.165) is 54.9 Å². The van der Waals surface area contributed by atoms with Crippen LogP contribution in [-0.4, -0.2) is 54.4 Å². The van der Waals surface area contributed by atoms with Crippen molar-refractivity contribution in [3.05, 3.63) is 28.2 Å². The van der Waals surface area contributed by atoms with Crippen molar-refractivity contribution < 1.29 is 10.2 Å². The lowest BCUT2D eigenvalue weighted by atomic mass is 10.1. The van der Waals surface area contributed by atoms with Crippen LogP contribution in [0.5, 0.6) is 0 Å². The van der Waals surface area contributed by atoms with Crippen molar-refractivity contribution in [2.24, 2.45) is 0 Å². The molecule has 112 valence electrons. The van der Waals surface area contributed by atoms with Crippen LogP contribution in [0.15, 0.2) is 22.7 Å². The van der Waals surface area contributed by atoms with Gasteiger partial charge in [0.2, 0.25) is 0 Å². The lowest BCUT2D eigenvalue weighted by molar-refractivity contribution is 0.199. The van der Waals surface area contributed by atoms with E-state index in [1.807, 2.05) is 12.1 Å². The maximum Gasteiger partial charge on any atom is 0.0782 e. The van der Waals surface area contributed by atoms with Gasteiger partial charge in [0.1, 0.15) is 0 Å². The van der Waals surface area contributed by atoms with Gasteiger partial charge < -0.3 is 15.1 Å². The van der Waals surface area contributed by atoms with Crippen LogP contribution < -0.4 is 4.90 Å². The zero-order valence-electron chi connectivity index (χ0n) is 11.9. The highest BCUT2D eigenvalue weighted by atomic mass is 79.9. The molecule has 5 heteroatoms. The van der Waals surface area contributed by atoms with Crippen molar-refractivity contribution in [3.8, 4) is 0 Å². The first-order chi connectivity index (χ1) is 9.61. The second-order valence-corrected chi connectivity index (χ2v) is 6.20. The number of β-amino-alcohol motifs (C(OH)–C–C–N with tert-alkyl or cyclic N) is 1. The number of aliphatic hydroxyl groups is 2. The minimum Gasteiger partial charge on any atom is -0.395 e. The molecule has 1 fully saturated rings. The van der Waals surface area contributed by atoms with Crippen molar-refractivity contribution in [3.63, 3.8) is 0 Å². The molecule has 0 spiro atoms. The van der Waals surface area contributed by atoms with Crippen LogP contribution in [-0.2, 0) is 0 Å². The summed E-state index contributed by atoms with van der Waals surface area (Å²) in [6.07, 6.45) is 0.606. The molecule has 0 bridgehead atoms. The molecule has 1 heterocycles. The highest BCUT2D eigenvalue weighted by Crippen LogP contribution is 2.30. The van der Waals surface area contributed by atoms with Gasteiger partial charge in [0.25, 0.3) is 0 Å². The Morgan fingerprint density at radius 2 is 2.05 bits per heavy atom. The summed E-state index contributed by atoms with van der Waals surface area (Å²) in [4.78, 5) is 4.63. The van der Waals surface area contributed by atoms with Crippen molar-refractivity contribution in [2.75, 3.05) is 44.2 Å². The Hall–Kier alpha value is -0.620. The van der Waals surface area contributed by atoms with Gasteiger partial charge >= 0.3 is 0 Å². The summed E-state index contributed by atoms with van der Waals surface area (Å²) in [7, 11) is 0. The number of hydrogen-bond donors (Lipinski definition) is 2. The fourth-order valence-electron chi connectivity index (χ4n) is 2.72. The van der Waals surface area contributed by atoms with Crippen LogP contribution in [0.25, 0.3) is 0 Å². The molecule has 0 aliphatic carbocycles. The van der Waals surface area contributed by atoms with Gasteiger partial charge in [-0.3, -0.25) is 4.90 Å².